The summed E-state index contributed by atoms with van der Waals surface area (Å²) in [5, 5.41) is 5.13. The van der Waals surface area contributed by atoms with Crippen molar-refractivity contribution in [3.8, 4) is 0 Å². The van der Waals surface area contributed by atoms with Crippen LogP contribution in [0.4, 0.5) is 14.6 Å². The number of imidazole rings is 1. The summed E-state index contributed by atoms with van der Waals surface area (Å²) in [6.07, 6.45) is 2.35. The van der Waals surface area contributed by atoms with Crippen LogP contribution in [0.25, 0.3) is 16.6 Å². The van der Waals surface area contributed by atoms with Gasteiger partial charge in [0.05, 0.1) is 24.0 Å². The molecule has 1 aromatic carbocycles. The number of hydrogen-bond acceptors (Lipinski definition) is 4. The normalized spacial score (nSPS) is 15.7. The highest BCUT2D eigenvalue weighted by atomic mass is 19.1. The predicted molar refractivity (Wildman–Crippen MR) is 132 cm³/mol. The Morgan fingerprint density at radius 3 is 2.57 bits per heavy atom. The first-order valence-electron chi connectivity index (χ1n) is 12.1. The van der Waals surface area contributed by atoms with Gasteiger partial charge in [0.15, 0.2) is 5.65 Å². The van der Waals surface area contributed by atoms with Gasteiger partial charge in [0.1, 0.15) is 17.5 Å². The standard InChI is InChI=1S/C26H30F2N6O/c1-6-17-11-18-20(33(17)15(2)3)12-19(27)25(26(18)28)16(4)21-13-29-22-7-8-23(30-34(21)22)32-10-9-31(5)24(35)14-32/h7-8,11-13,15-16H,6,9-10,14H2,1-5H3. The van der Waals surface area contributed by atoms with Gasteiger partial charge >= 0.3 is 0 Å². The Bertz CT molecular complexity index is 1440. The molecule has 1 fully saturated rings. The summed E-state index contributed by atoms with van der Waals surface area (Å²) < 4.78 is 35.0. The highest BCUT2D eigenvalue weighted by molar-refractivity contribution is 5.84. The summed E-state index contributed by atoms with van der Waals surface area (Å²) >= 11 is 0. The van der Waals surface area contributed by atoms with Gasteiger partial charge < -0.3 is 14.4 Å². The smallest absolute Gasteiger partial charge is 0.241 e. The number of piperazine rings is 1. The van der Waals surface area contributed by atoms with Crippen LogP contribution in [0.5, 0.6) is 0 Å². The highest BCUT2D eigenvalue weighted by Crippen LogP contribution is 2.36. The average molecular weight is 481 g/mol. The number of carbonyl (C=O) groups is 1. The van der Waals surface area contributed by atoms with Crippen LogP contribution in [0, 0.1) is 11.6 Å². The van der Waals surface area contributed by atoms with Crippen molar-refractivity contribution in [1.82, 2.24) is 24.1 Å². The van der Waals surface area contributed by atoms with Crippen molar-refractivity contribution in [2.24, 2.45) is 0 Å². The van der Waals surface area contributed by atoms with Crippen molar-refractivity contribution in [3.63, 3.8) is 0 Å². The van der Waals surface area contributed by atoms with Gasteiger partial charge in [-0.2, -0.15) is 0 Å². The van der Waals surface area contributed by atoms with Gasteiger partial charge in [-0.25, -0.2) is 18.3 Å². The molecule has 4 heterocycles. The summed E-state index contributed by atoms with van der Waals surface area (Å²) in [4.78, 5) is 20.2. The van der Waals surface area contributed by atoms with E-state index >= 15 is 8.78 Å². The van der Waals surface area contributed by atoms with E-state index in [-0.39, 0.29) is 24.1 Å². The Morgan fingerprint density at radius 1 is 1.11 bits per heavy atom. The van der Waals surface area contributed by atoms with E-state index in [0.717, 1.165) is 12.1 Å². The summed E-state index contributed by atoms with van der Waals surface area (Å²) in [6.45, 7) is 9.32. The molecular formula is C26H30F2N6O. The van der Waals surface area contributed by atoms with Gasteiger partial charge in [-0.05, 0) is 44.5 Å². The largest absolute Gasteiger partial charge is 0.344 e. The molecule has 0 bridgehead atoms. The molecule has 1 unspecified atom stereocenters. The molecule has 7 nitrogen and oxygen atoms in total. The summed E-state index contributed by atoms with van der Waals surface area (Å²) in [5.74, 6) is -1.10. The lowest BCUT2D eigenvalue weighted by atomic mass is 9.95. The second kappa shape index (κ2) is 8.62. The minimum absolute atomic E-state index is 0.00448. The van der Waals surface area contributed by atoms with Crippen molar-refractivity contribution in [3.05, 3.63) is 59.0 Å². The van der Waals surface area contributed by atoms with Crippen molar-refractivity contribution >= 4 is 28.3 Å². The molecule has 9 heteroatoms. The van der Waals surface area contributed by atoms with Crippen LogP contribution >= 0.6 is 0 Å². The number of carbonyl (C=O) groups excluding carboxylic acids is 1. The van der Waals surface area contributed by atoms with Gasteiger partial charge in [-0.15, -0.1) is 5.10 Å². The van der Waals surface area contributed by atoms with E-state index in [1.165, 1.54) is 6.07 Å². The Balaban J connectivity index is 1.59. The van der Waals surface area contributed by atoms with Crippen molar-refractivity contribution in [2.45, 2.75) is 46.1 Å². The number of likely N-dealkylation sites (N-methyl/N-ethyl adjacent to an activating group) is 1. The maximum atomic E-state index is 15.9. The Kier molecular flexibility index (Phi) is 5.73. The third-order valence-corrected chi connectivity index (χ3v) is 7.06. The SMILES string of the molecule is CCc1cc2c(F)c(C(C)c3cnc4ccc(N5CCN(C)C(=O)C5)nn34)c(F)cc2n1C(C)C. The predicted octanol–water partition coefficient (Wildman–Crippen LogP) is 4.54. The maximum Gasteiger partial charge on any atom is 0.241 e. The molecular weight excluding hydrogens is 450 g/mol. The van der Waals surface area contributed by atoms with Crippen LogP contribution in [0.2, 0.25) is 0 Å². The first kappa shape index (κ1) is 23.3. The fourth-order valence-corrected chi connectivity index (χ4v) is 5.09. The van der Waals surface area contributed by atoms with E-state index < -0.39 is 17.6 Å². The second-order valence-corrected chi connectivity index (χ2v) is 9.57. The molecule has 1 saturated heterocycles. The van der Waals surface area contributed by atoms with Gasteiger partial charge in [-0.3, -0.25) is 4.79 Å². The number of aromatic nitrogens is 4. The van der Waals surface area contributed by atoms with Crippen LogP contribution in [0.15, 0.2) is 30.5 Å². The Labute approximate surface area is 203 Å². The zero-order valence-corrected chi connectivity index (χ0v) is 20.7. The lowest BCUT2D eigenvalue weighted by molar-refractivity contribution is -0.129. The van der Waals surface area contributed by atoms with Gasteiger partial charge in [0.25, 0.3) is 0 Å². The van der Waals surface area contributed by atoms with E-state index in [4.69, 9.17) is 5.10 Å². The van der Waals surface area contributed by atoms with E-state index in [9.17, 15) is 4.79 Å². The molecule has 1 aliphatic heterocycles. The number of nitrogens with zero attached hydrogens (tertiary/aromatic N) is 6. The molecule has 1 aliphatic rings. The number of benzene rings is 1. The van der Waals surface area contributed by atoms with Gasteiger partial charge in [0.2, 0.25) is 5.91 Å². The Hall–Kier alpha value is -3.49. The number of rotatable bonds is 5. The minimum Gasteiger partial charge on any atom is -0.344 e. The lowest BCUT2D eigenvalue weighted by Gasteiger charge is -2.32. The molecule has 1 atom stereocenters. The molecule has 3 aromatic heterocycles. The van der Waals surface area contributed by atoms with E-state index in [1.54, 1.807) is 29.6 Å². The number of aryl methyl sites for hydroxylation is 1. The minimum atomic E-state index is -0.626. The molecule has 0 spiro atoms. The van der Waals surface area contributed by atoms with Crippen LogP contribution in [-0.2, 0) is 11.2 Å². The number of halogens is 2. The molecule has 5 rings (SSSR count). The second-order valence-electron chi connectivity index (χ2n) is 9.57. The molecule has 0 N–H and O–H groups in total. The average Bonchev–Trinajstić information content (AvgIpc) is 3.41. The number of hydrogen-bond donors (Lipinski definition) is 0. The van der Waals surface area contributed by atoms with E-state index in [2.05, 4.69) is 4.98 Å². The monoisotopic (exact) mass is 480 g/mol. The molecule has 0 radical (unpaired) electrons. The fraction of sp³-hybridized carbons (Fsp3) is 0.423. The van der Waals surface area contributed by atoms with Crippen LogP contribution in [0.3, 0.4) is 0 Å². The number of amides is 1. The highest BCUT2D eigenvalue weighted by Gasteiger charge is 2.27. The third kappa shape index (κ3) is 3.73. The van der Waals surface area contributed by atoms with Gasteiger partial charge in [0, 0.05) is 48.7 Å². The van der Waals surface area contributed by atoms with Crippen LogP contribution < -0.4 is 4.90 Å². The van der Waals surface area contributed by atoms with Crippen molar-refractivity contribution in [2.75, 3.05) is 31.6 Å². The maximum absolute atomic E-state index is 15.9. The number of anilines is 1. The zero-order valence-electron chi connectivity index (χ0n) is 20.7. The zero-order chi connectivity index (χ0) is 25.0. The molecule has 0 saturated carbocycles. The Morgan fingerprint density at radius 2 is 1.89 bits per heavy atom. The van der Waals surface area contributed by atoms with Crippen molar-refractivity contribution < 1.29 is 13.6 Å². The molecule has 0 aliphatic carbocycles. The first-order chi connectivity index (χ1) is 16.7. The van der Waals surface area contributed by atoms with Gasteiger partial charge in [-0.1, -0.05) is 13.8 Å². The summed E-state index contributed by atoms with van der Waals surface area (Å²) in [7, 11) is 1.78. The van der Waals surface area contributed by atoms with Crippen LogP contribution in [0.1, 0.15) is 56.6 Å². The lowest BCUT2D eigenvalue weighted by Crippen LogP contribution is -2.48. The van der Waals surface area contributed by atoms with E-state index in [0.29, 0.717) is 41.2 Å². The van der Waals surface area contributed by atoms with Crippen molar-refractivity contribution in [1.29, 1.82) is 0 Å². The molecule has 184 valence electrons. The third-order valence-electron chi connectivity index (χ3n) is 7.06. The summed E-state index contributed by atoms with van der Waals surface area (Å²) in [5.41, 5.74) is 2.71. The molecule has 35 heavy (non-hydrogen) atoms. The topological polar surface area (TPSA) is 58.7 Å². The fourth-order valence-electron chi connectivity index (χ4n) is 5.09. The van der Waals surface area contributed by atoms with Crippen LogP contribution in [-0.4, -0.2) is 56.7 Å². The van der Waals surface area contributed by atoms with E-state index in [1.807, 2.05) is 48.4 Å². The quantitative estimate of drug-likeness (QED) is 0.421. The number of fused-ring (bicyclic) bond motifs is 2. The summed E-state index contributed by atoms with van der Waals surface area (Å²) in [6, 6.07) is 7.00. The molecule has 1 amide bonds. The molecule has 4 aromatic rings. The first-order valence-corrected chi connectivity index (χ1v) is 12.1.